The van der Waals surface area contributed by atoms with E-state index in [1.165, 1.54) is 11.3 Å². The number of thiocarbonyl (C=S) groups is 1. The van der Waals surface area contributed by atoms with Crippen LogP contribution in [0.4, 0.5) is 5.69 Å². The van der Waals surface area contributed by atoms with Gasteiger partial charge in [0.2, 0.25) is 0 Å². The number of benzene rings is 1. The van der Waals surface area contributed by atoms with Crippen molar-refractivity contribution in [2.45, 2.75) is 13.8 Å². The van der Waals surface area contributed by atoms with E-state index in [2.05, 4.69) is 15.8 Å². The van der Waals surface area contributed by atoms with Crippen LogP contribution in [-0.4, -0.2) is 10.8 Å². The summed E-state index contributed by atoms with van der Waals surface area (Å²) in [6, 6.07) is 9.37. The number of nitrogens with zero attached hydrogens (tertiary/aromatic N) is 1. The van der Waals surface area contributed by atoms with Gasteiger partial charge in [0.1, 0.15) is 0 Å². The summed E-state index contributed by atoms with van der Waals surface area (Å²) in [5.74, 6) is 0. The van der Waals surface area contributed by atoms with Crippen LogP contribution < -0.4 is 10.7 Å². The topological polar surface area (TPSA) is 36.4 Å². The molecule has 0 saturated carbocycles. The molecule has 0 radical (unpaired) electrons. The Morgan fingerprint density at radius 2 is 2.00 bits per heavy atom. The summed E-state index contributed by atoms with van der Waals surface area (Å²) >= 11 is 18.7. The number of hydrazone groups is 1. The molecule has 0 aliphatic heterocycles. The van der Waals surface area contributed by atoms with Gasteiger partial charge in [0.05, 0.1) is 14.9 Å². The number of nitrogens with one attached hydrogen (secondary N) is 2. The van der Waals surface area contributed by atoms with Gasteiger partial charge in [0.25, 0.3) is 0 Å². The molecule has 0 amide bonds. The average Bonchev–Trinajstić information content (AvgIpc) is 2.88. The first kappa shape index (κ1) is 16.2. The van der Waals surface area contributed by atoms with Gasteiger partial charge in [0, 0.05) is 10.7 Å². The summed E-state index contributed by atoms with van der Waals surface area (Å²) in [5.41, 5.74) is 5.43. The molecule has 0 atom stereocenters. The zero-order chi connectivity index (χ0) is 15.4. The van der Waals surface area contributed by atoms with Gasteiger partial charge in [-0.25, -0.2) is 0 Å². The Hall–Kier alpha value is -1.14. The van der Waals surface area contributed by atoms with Crippen LogP contribution in [0.3, 0.4) is 0 Å². The third-order valence-electron chi connectivity index (χ3n) is 2.77. The van der Waals surface area contributed by atoms with Gasteiger partial charge in [-0.05, 0) is 55.9 Å². The van der Waals surface area contributed by atoms with Crippen molar-refractivity contribution in [1.29, 1.82) is 0 Å². The average molecular weight is 358 g/mol. The molecule has 2 rings (SSSR count). The first-order chi connectivity index (χ1) is 9.97. The van der Waals surface area contributed by atoms with E-state index in [1.807, 2.05) is 44.2 Å². The van der Waals surface area contributed by atoms with E-state index in [4.69, 9.17) is 35.4 Å². The zero-order valence-electron chi connectivity index (χ0n) is 11.4. The third-order valence-corrected chi connectivity index (χ3v) is 4.71. The minimum Gasteiger partial charge on any atom is -0.331 e. The minimum atomic E-state index is 0.405. The van der Waals surface area contributed by atoms with Crippen molar-refractivity contribution >= 4 is 63.3 Å². The van der Waals surface area contributed by atoms with Gasteiger partial charge >= 0.3 is 0 Å². The minimum absolute atomic E-state index is 0.405. The van der Waals surface area contributed by atoms with Gasteiger partial charge in [-0.3, -0.25) is 5.43 Å². The Morgan fingerprint density at radius 1 is 1.24 bits per heavy atom. The molecule has 1 aromatic heterocycles. The summed E-state index contributed by atoms with van der Waals surface area (Å²) in [7, 11) is 0. The fraction of sp³-hybridized carbons (Fsp3) is 0.143. The molecule has 0 unspecified atom stereocenters. The molecular formula is C14H13Cl2N3S2. The largest absolute Gasteiger partial charge is 0.331 e. The molecule has 0 fully saturated rings. The maximum Gasteiger partial charge on any atom is 0.191 e. The summed E-state index contributed by atoms with van der Waals surface area (Å²) in [4.78, 5) is 0.995. The second kappa shape index (κ2) is 7.22. The Balaban J connectivity index is 2.00. The van der Waals surface area contributed by atoms with E-state index >= 15 is 0 Å². The molecule has 0 aliphatic carbocycles. The highest BCUT2D eigenvalue weighted by molar-refractivity contribution is 7.80. The standard InChI is InChI=1S/C14H13Cl2N3S2/c1-8-10(15)4-3-5-11(8)17-14(20)19-18-9(2)12-6-7-13(16)21-12/h3-7H,1-2H3,(H2,17,19,20)/b18-9+. The highest BCUT2D eigenvalue weighted by atomic mass is 35.5. The van der Waals surface area contributed by atoms with Crippen LogP contribution in [0.5, 0.6) is 0 Å². The fourth-order valence-corrected chi connectivity index (χ4v) is 2.91. The second-order valence-electron chi connectivity index (χ2n) is 4.28. The van der Waals surface area contributed by atoms with Crippen molar-refractivity contribution in [1.82, 2.24) is 5.43 Å². The predicted molar refractivity (Wildman–Crippen MR) is 97.1 cm³/mol. The van der Waals surface area contributed by atoms with Gasteiger partial charge in [-0.2, -0.15) is 5.10 Å². The van der Waals surface area contributed by atoms with Crippen molar-refractivity contribution < 1.29 is 0 Å². The van der Waals surface area contributed by atoms with E-state index in [9.17, 15) is 0 Å². The van der Waals surface area contributed by atoms with Crippen molar-refractivity contribution in [3.8, 4) is 0 Å². The van der Waals surface area contributed by atoms with E-state index in [0.717, 1.165) is 26.2 Å². The maximum absolute atomic E-state index is 6.06. The Morgan fingerprint density at radius 3 is 2.67 bits per heavy atom. The number of thiophene rings is 1. The lowest BCUT2D eigenvalue weighted by molar-refractivity contribution is 1.04. The molecule has 0 spiro atoms. The van der Waals surface area contributed by atoms with Crippen LogP contribution in [0.2, 0.25) is 9.36 Å². The van der Waals surface area contributed by atoms with Gasteiger partial charge in [-0.15, -0.1) is 11.3 Å². The van der Waals surface area contributed by atoms with Gasteiger partial charge in [-0.1, -0.05) is 29.3 Å². The molecule has 0 saturated heterocycles. The van der Waals surface area contributed by atoms with E-state index < -0.39 is 0 Å². The van der Waals surface area contributed by atoms with Crippen LogP contribution in [0.25, 0.3) is 0 Å². The molecule has 110 valence electrons. The smallest absolute Gasteiger partial charge is 0.191 e. The SMILES string of the molecule is C/C(=N\NC(=S)Nc1cccc(Cl)c1C)c1ccc(Cl)s1. The highest BCUT2D eigenvalue weighted by Crippen LogP contribution is 2.23. The normalized spacial score (nSPS) is 11.3. The molecule has 0 bridgehead atoms. The summed E-state index contributed by atoms with van der Waals surface area (Å²) in [6.07, 6.45) is 0. The molecule has 3 nitrogen and oxygen atoms in total. The number of hydrogen-bond donors (Lipinski definition) is 2. The van der Waals surface area contributed by atoms with Crippen LogP contribution in [0.1, 0.15) is 17.4 Å². The number of rotatable bonds is 3. The zero-order valence-corrected chi connectivity index (χ0v) is 14.6. The van der Waals surface area contributed by atoms with Crippen LogP contribution in [-0.2, 0) is 0 Å². The van der Waals surface area contributed by atoms with E-state index in [-0.39, 0.29) is 0 Å². The lowest BCUT2D eigenvalue weighted by Gasteiger charge is -2.11. The predicted octanol–water partition coefficient (Wildman–Crippen LogP) is 5.07. The molecule has 1 aromatic carbocycles. The molecule has 0 aliphatic rings. The molecule has 1 heterocycles. The number of halogens is 2. The lowest BCUT2D eigenvalue weighted by Crippen LogP contribution is -2.25. The Kier molecular flexibility index (Phi) is 5.58. The van der Waals surface area contributed by atoms with Crippen molar-refractivity contribution in [3.63, 3.8) is 0 Å². The quantitative estimate of drug-likeness (QED) is 0.457. The van der Waals surface area contributed by atoms with Crippen molar-refractivity contribution in [3.05, 3.63) is 50.1 Å². The molecular weight excluding hydrogens is 345 g/mol. The van der Waals surface area contributed by atoms with Gasteiger partial charge in [0.15, 0.2) is 5.11 Å². The maximum atomic E-state index is 6.06. The first-order valence-corrected chi connectivity index (χ1v) is 8.07. The Bertz CT molecular complexity index is 695. The number of hydrogen-bond acceptors (Lipinski definition) is 3. The summed E-state index contributed by atoms with van der Waals surface area (Å²) in [6.45, 7) is 3.82. The first-order valence-electron chi connectivity index (χ1n) is 6.09. The van der Waals surface area contributed by atoms with Crippen molar-refractivity contribution in [2.24, 2.45) is 5.10 Å². The monoisotopic (exact) mass is 357 g/mol. The van der Waals surface area contributed by atoms with Crippen LogP contribution in [0.15, 0.2) is 35.4 Å². The Labute approximate surface area is 143 Å². The third kappa shape index (κ3) is 4.41. The van der Waals surface area contributed by atoms with Crippen molar-refractivity contribution in [2.75, 3.05) is 5.32 Å². The lowest BCUT2D eigenvalue weighted by atomic mass is 10.2. The molecule has 7 heteroatoms. The molecule has 2 aromatic rings. The summed E-state index contributed by atoms with van der Waals surface area (Å²) in [5, 5.41) is 8.40. The fourth-order valence-electron chi connectivity index (χ4n) is 1.59. The van der Waals surface area contributed by atoms with E-state index in [1.54, 1.807) is 0 Å². The van der Waals surface area contributed by atoms with Crippen LogP contribution >= 0.6 is 46.8 Å². The number of anilines is 1. The molecule has 2 N–H and O–H groups in total. The van der Waals surface area contributed by atoms with E-state index in [0.29, 0.717) is 10.1 Å². The second-order valence-corrected chi connectivity index (χ2v) is 6.81. The summed E-state index contributed by atoms with van der Waals surface area (Å²) < 4.78 is 0.731. The highest BCUT2D eigenvalue weighted by Gasteiger charge is 2.05. The van der Waals surface area contributed by atoms with Crippen LogP contribution in [0, 0.1) is 6.92 Å². The van der Waals surface area contributed by atoms with Gasteiger partial charge < -0.3 is 5.32 Å². The molecule has 21 heavy (non-hydrogen) atoms.